The van der Waals surface area contributed by atoms with E-state index < -0.39 is 0 Å². The van der Waals surface area contributed by atoms with E-state index in [0.717, 1.165) is 44.0 Å². The number of carbonyl (C=O) groups excluding carboxylic acids is 1. The molecule has 2 fully saturated rings. The van der Waals surface area contributed by atoms with Crippen molar-refractivity contribution in [1.29, 1.82) is 0 Å². The van der Waals surface area contributed by atoms with Crippen LogP contribution in [0.15, 0.2) is 30.6 Å². The van der Waals surface area contributed by atoms with Gasteiger partial charge < -0.3 is 4.90 Å². The highest BCUT2D eigenvalue weighted by Crippen LogP contribution is 2.39. The van der Waals surface area contributed by atoms with Gasteiger partial charge in [-0.2, -0.15) is 0 Å². The summed E-state index contributed by atoms with van der Waals surface area (Å²) in [5.41, 5.74) is 6.21. The molecule has 0 radical (unpaired) electrons. The van der Waals surface area contributed by atoms with Gasteiger partial charge in [0, 0.05) is 37.7 Å². The minimum absolute atomic E-state index is 0.209. The Hall–Kier alpha value is -2.27. The lowest BCUT2D eigenvalue weighted by atomic mass is 9.73. The Morgan fingerprint density at radius 3 is 2.52 bits per heavy atom. The molecule has 1 aromatic heterocycles. The number of nitrogens with zero attached hydrogens (tertiary/aromatic N) is 4. The molecule has 1 aromatic carbocycles. The maximum absolute atomic E-state index is 12.6. The molecule has 5 nitrogen and oxygen atoms in total. The van der Waals surface area contributed by atoms with Crippen molar-refractivity contribution in [3.63, 3.8) is 0 Å². The average molecular weight is 393 g/mol. The van der Waals surface area contributed by atoms with Crippen LogP contribution in [0.1, 0.15) is 53.8 Å². The number of piperidine rings is 2. The van der Waals surface area contributed by atoms with E-state index in [0.29, 0.717) is 13.0 Å². The summed E-state index contributed by atoms with van der Waals surface area (Å²) < 4.78 is 0. The molecule has 154 valence electrons. The molecule has 2 aliphatic rings. The second kappa shape index (κ2) is 8.23. The number of likely N-dealkylation sites (tertiary alicyclic amines) is 2. The molecule has 0 bridgehead atoms. The van der Waals surface area contributed by atoms with Gasteiger partial charge in [0.05, 0.1) is 24.1 Å². The largest absolute Gasteiger partial charge is 0.336 e. The van der Waals surface area contributed by atoms with E-state index in [9.17, 15) is 4.79 Å². The monoisotopic (exact) mass is 392 g/mol. The van der Waals surface area contributed by atoms with Gasteiger partial charge in [-0.25, -0.2) is 0 Å². The van der Waals surface area contributed by atoms with E-state index >= 15 is 0 Å². The van der Waals surface area contributed by atoms with Crippen LogP contribution >= 0.6 is 0 Å². The van der Waals surface area contributed by atoms with Crippen LogP contribution < -0.4 is 0 Å². The van der Waals surface area contributed by atoms with E-state index in [-0.39, 0.29) is 11.3 Å². The number of rotatable bonds is 4. The summed E-state index contributed by atoms with van der Waals surface area (Å²) in [6.45, 7) is 11.0. The van der Waals surface area contributed by atoms with Crippen LogP contribution in [0.2, 0.25) is 0 Å². The zero-order valence-electron chi connectivity index (χ0n) is 17.9. The first-order chi connectivity index (χ1) is 13.9. The quantitative estimate of drug-likeness (QED) is 0.794. The smallest absolute Gasteiger partial charge is 0.222 e. The molecule has 5 heteroatoms. The van der Waals surface area contributed by atoms with E-state index in [1.807, 2.05) is 11.8 Å². The predicted molar refractivity (Wildman–Crippen MR) is 114 cm³/mol. The molecule has 3 heterocycles. The maximum Gasteiger partial charge on any atom is 0.222 e. The lowest BCUT2D eigenvalue weighted by Crippen LogP contribution is -2.53. The van der Waals surface area contributed by atoms with E-state index in [2.05, 4.69) is 46.9 Å². The summed E-state index contributed by atoms with van der Waals surface area (Å²) in [6.07, 6.45) is 7.66. The highest BCUT2D eigenvalue weighted by molar-refractivity contribution is 5.77. The number of carbonyl (C=O) groups is 1. The molecule has 0 unspecified atom stereocenters. The van der Waals surface area contributed by atoms with E-state index in [1.165, 1.54) is 29.5 Å². The standard InChI is InChI=1S/C24H32N4O/c1-18-6-4-7-19(2)22(18)15-27-11-5-9-24(16-27)10-8-23(29)28(17-24)14-21-13-25-20(3)12-26-21/h4,6-7,12-13H,5,8-11,14-17H2,1-3H3/t24-/m1/s1. The van der Waals surface area contributed by atoms with Crippen LogP contribution in [-0.2, 0) is 17.9 Å². The Labute approximate surface area is 174 Å². The van der Waals surface area contributed by atoms with Crippen LogP contribution in [0.25, 0.3) is 0 Å². The van der Waals surface area contributed by atoms with Gasteiger partial charge in [0.15, 0.2) is 0 Å². The van der Waals surface area contributed by atoms with Crippen LogP contribution in [0, 0.1) is 26.2 Å². The van der Waals surface area contributed by atoms with Gasteiger partial charge in [-0.3, -0.25) is 19.7 Å². The SMILES string of the molecule is Cc1cnc(CN2C[C@]3(CCCN(Cc4c(C)cccc4C)C3)CCC2=O)cn1. The Balaban J connectivity index is 1.46. The molecular formula is C24H32N4O. The molecular weight excluding hydrogens is 360 g/mol. The fourth-order valence-corrected chi connectivity index (χ4v) is 5.04. The van der Waals surface area contributed by atoms with Crippen LogP contribution in [-0.4, -0.2) is 45.3 Å². The summed E-state index contributed by atoms with van der Waals surface area (Å²) in [6, 6.07) is 6.57. The van der Waals surface area contributed by atoms with E-state index in [4.69, 9.17) is 0 Å². The van der Waals surface area contributed by atoms with Crippen molar-refractivity contribution in [2.45, 2.75) is 59.5 Å². The van der Waals surface area contributed by atoms with Crippen LogP contribution in [0.5, 0.6) is 0 Å². The fourth-order valence-electron chi connectivity index (χ4n) is 5.04. The molecule has 1 spiro atoms. The highest BCUT2D eigenvalue weighted by Gasteiger charge is 2.41. The van der Waals surface area contributed by atoms with Gasteiger partial charge in [0.2, 0.25) is 5.91 Å². The number of hydrogen-bond acceptors (Lipinski definition) is 4. The third-order valence-corrected chi connectivity index (χ3v) is 6.70. The first-order valence-electron chi connectivity index (χ1n) is 10.8. The van der Waals surface area contributed by atoms with Crippen molar-refractivity contribution in [2.75, 3.05) is 19.6 Å². The number of amides is 1. The highest BCUT2D eigenvalue weighted by atomic mass is 16.2. The fraction of sp³-hybridized carbons (Fsp3) is 0.542. The number of benzene rings is 1. The molecule has 1 amide bonds. The Bertz CT molecular complexity index is 859. The lowest BCUT2D eigenvalue weighted by molar-refractivity contribution is -0.140. The molecule has 0 aliphatic carbocycles. The van der Waals surface area contributed by atoms with Crippen molar-refractivity contribution >= 4 is 5.91 Å². The third kappa shape index (κ3) is 4.50. The van der Waals surface area contributed by atoms with Crippen LogP contribution in [0.4, 0.5) is 0 Å². The predicted octanol–water partition coefficient (Wildman–Crippen LogP) is 3.81. The zero-order chi connectivity index (χ0) is 20.4. The van der Waals surface area contributed by atoms with Crippen molar-refractivity contribution in [2.24, 2.45) is 5.41 Å². The van der Waals surface area contributed by atoms with E-state index in [1.54, 1.807) is 12.4 Å². The molecule has 2 aromatic rings. The van der Waals surface area contributed by atoms with Crippen molar-refractivity contribution in [1.82, 2.24) is 19.8 Å². The topological polar surface area (TPSA) is 49.3 Å². The maximum atomic E-state index is 12.6. The molecule has 0 saturated carbocycles. The minimum atomic E-state index is 0.209. The average Bonchev–Trinajstić information content (AvgIpc) is 2.70. The van der Waals surface area contributed by atoms with Gasteiger partial charge in [-0.05, 0) is 63.3 Å². The number of hydrogen-bond donors (Lipinski definition) is 0. The number of aromatic nitrogens is 2. The zero-order valence-corrected chi connectivity index (χ0v) is 17.9. The summed E-state index contributed by atoms with van der Waals surface area (Å²) in [7, 11) is 0. The summed E-state index contributed by atoms with van der Waals surface area (Å²) >= 11 is 0. The first kappa shape index (κ1) is 20.0. The van der Waals surface area contributed by atoms with Crippen molar-refractivity contribution < 1.29 is 4.79 Å². The lowest BCUT2D eigenvalue weighted by Gasteiger charge is -2.48. The molecule has 2 aliphatic heterocycles. The summed E-state index contributed by atoms with van der Waals surface area (Å²) in [5.74, 6) is 0.255. The molecule has 29 heavy (non-hydrogen) atoms. The second-order valence-electron chi connectivity index (χ2n) is 9.08. The Morgan fingerprint density at radius 1 is 1.00 bits per heavy atom. The first-order valence-corrected chi connectivity index (χ1v) is 10.8. The summed E-state index contributed by atoms with van der Waals surface area (Å²) in [5, 5.41) is 0. The van der Waals surface area contributed by atoms with Gasteiger partial charge in [0.25, 0.3) is 0 Å². The van der Waals surface area contributed by atoms with Gasteiger partial charge in [-0.15, -0.1) is 0 Å². The van der Waals surface area contributed by atoms with Crippen molar-refractivity contribution in [3.8, 4) is 0 Å². The Kier molecular flexibility index (Phi) is 5.68. The molecule has 0 N–H and O–H groups in total. The van der Waals surface area contributed by atoms with Gasteiger partial charge in [0.1, 0.15) is 0 Å². The number of aryl methyl sites for hydroxylation is 3. The summed E-state index contributed by atoms with van der Waals surface area (Å²) in [4.78, 5) is 26.1. The molecule has 2 saturated heterocycles. The van der Waals surface area contributed by atoms with Crippen LogP contribution in [0.3, 0.4) is 0 Å². The molecule has 4 rings (SSSR count). The van der Waals surface area contributed by atoms with Gasteiger partial charge in [-0.1, -0.05) is 18.2 Å². The second-order valence-corrected chi connectivity index (χ2v) is 9.08. The minimum Gasteiger partial charge on any atom is -0.336 e. The van der Waals surface area contributed by atoms with Gasteiger partial charge >= 0.3 is 0 Å². The van der Waals surface area contributed by atoms with Crippen molar-refractivity contribution in [3.05, 3.63) is 58.7 Å². The molecule has 1 atom stereocenters. The normalized spacial score (nSPS) is 23.0. The third-order valence-electron chi connectivity index (χ3n) is 6.70. The Morgan fingerprint density at radius 2 is 1.79 bits per heavy atom.